The molecule has 0 aromatic rings. The summed E-state index contributed by atoms with van der Waals surface area (Å²) in [7, 11) is 0. The highest BCUT2D eigenvalue weighted by atomic mass is 16.3. The van der Waals surface area contributed by atoms with Gasteiger partial charge in [0.2, 0.25) is 0 Å². The minimum Gasteiger partial charge on any atom is -0.388 e. The number of likely N-dealkylation sites (tertiary alicyclic amines) is 1. The highest BCUT2D eigenvalue weighted by molar-refractivity contribution is 4.98. The van der Waals surface area contributed by atoms with Gasteiger partial charge in [0.05, 0.1) is 5.60 Å². The summed E-state index contributed by atoms with van der Waals surface area (Å²) in [6, 6.07) is 0.647. The largest absolute Gasteiger partial charge is 0.388 e. The van der Waals surface area contributed by atoms with Crippen molar-refractivity contribution in [2.45, 2.75) is 71.4 Å². The van der Waals surface area contributed by atoms with Gasteiger partial charge in [-0.05, 0) is 57.3 Å². The van der Waals surface area contributed by atoms with E-state index in [4.69, 9.17) is 0 Å². The average molecular weight is 352 g/mol. The fraction of sp³-hybridized carbons (Fsp3) is 1.00. The van der Waals surface area contributed by atoms with Gasteiger partial charge in [0.25, 0.3) is 0 Å². The van der Waals surface area contributed by atoms with Crippen LogP contribution in [0.5, 0.6) is 0 Å². The predicted molar refractivity (Wildman–Crippen MR) is 105 cm³/mol. The fourth-order valence-corrected chi connectivity index (χ4v) is 5.08. The van der Waals surface area contributed by atoms with Gasteiger partial charge in [0.1, 0.15) is 0 Å². The van der Waals surface area contributed by atoms with Crippen molar-refractivity contribution >= 4 is 0 Å². The molecule has 25 heavy (non-hydrogen) atoms. The Morgan fingerprint density at radius 1 is 0.760 bits per heavy atom. The van der Waals surface area contributed by atoms with Gasteiger partial charge < -0.3 is 10.0 Å². The standard InChI is InChI=1S/C21H41N3O/c1-18(2)15-20(5-6-20)16-22-9-7-21(25,8-10-22)17-23-11-13-24(14-12-23)19(3)4/h18-19,25H,5-17H2,1-4H3. The first kappa shape index (κ1) is 19.6. The van der Waals surface area contributed by atoms with Gasteiger partial charge in [-0.25, -0.2) is 0 Å². The first-order valence-electron chi connectivity index (χ1n) is 10.7. The van der Waals surface area contributed by atoms with E-state index in [1.807, 2.05) is 0 Å². The second kappa shape index (κ2) is 7.84. The molecule has 4 nitrogen and oxygen atoms in total. The van der Waals surface area contributed by atoms with Gasteiger partial charge in [-0.2, -0.15) is 0 Å². The van der Waals surface area contributed by atoms with Crippen LogP contribution in [0.25, 0.3) is 0 Å². The SMILES string of the molecule is CC(C)CC1(CN2CCC(O)(CN3CCN(C(C)C)CC3)CC2)CC1. The highest BCUT2D eigenvalue weighted by Crippen LogP contribution is 2.51. The molecule has 2 saturated heterocycles. The van der Waals surface area contributed by atoms with Crippen LogP contribution in [0.1, 0.15) is 59.8 Å². The first-order chi connectivity index (χ1) is 11.8. The molecular formula is C21H41N3O. The molecule has 0 bridgehead atoms. The van der Waals surface area contributed by atoms with E-state index in [0.717, 1.165) is 64.6 Å². The van der Waals surface area contributed by atoms with Crippen molar-refractivity contribution < 1.29 is 5.11 Å². The topological polar surface area (TPSA) is 30.0 Å². The molecule has 1 N–H and O–H groups in total. The van der Waals surface area contributed by atoms with Crippen molar-refractivity contribution in [1.29, 1.82) is 0 Å². The van der Waals surface area contributed by atoms with Crippen LogP contribution in [0.2, 0.25) is 0 Å². The highest BCUT2D eigenvalue weighted by Gasteiger charge is 2.45. The lowest BCUT2D eigenvalue weighted by atomic mass is 9.88. The third-order valence-electron chi connectivity index (χ3n) is 6.80. The average Bonchev–Trinajstić information content (AvgIpc) is 3.28. The molecule has 0 radical (unpaired) electrons. The number of hydrogen-bond acceptors (Lipinski definition) is 4. The van der Waals surface area contributed by atoms with Crippen molar-refractivity contribution in [2.24, 2.45) is 11.3 Å². The zero-order chi connectivity index (χ0) is 18.1. The van der Waals surface area contributed by atoms with E-state index in [1.54, 1.807) is 0 Å². The molecule has 2 aliphatic heterocycles. The minimum atomic E-state index is -0.453. The van der Waals surface area contributed by atoms with E-state index < -0.39 is 5.60 Å². The molecule has 1 saturated carbocycles. The Morgan fingerprint density at radius 2 is 1.32 bits per heavy atom. The molecule has 0 aromatic carbocycles. The molecule has 3 rings (SSSR count). The van der Waals surface area contributed by atoms with Crippen molar-refractivity contribution in [3.8, 4) is 0 Å². The smallest absolute Gasteiger partial charge is 0.0798 e. The molecule has 3 aliphatic rings. The summed E-state index contributed by atoms with van der Waals surface area (Å²) in [5, 5.41) is 11.1. The van der Waals surface area contributed by atoms with Crippen LogP contribution in [-0.4, -0.2) is 83.8 Å². The van der Waals surface area contributed by atoms with E-state index in [1.165, 1.54) is 25.8 Å². The first-order valence-corrected chi connectivity index (χ1v) is 10.7. The van der Waals surface area contributed by atoms with Crippen LogP contribution in [0.4, 0.5) is 0 Å². The van der Waals surface area contributed by atoms with Gasteiger partial charge in [-0.3, -0.25) is 9.80 Å². The van der Waals surface area contributed by atoms with Gasteiger partial charge >= 0.3 is 0 Å². The van der Waals surface area contributed by atoms with Crippen LogP contribution in [-0.2, 0) is 0 Å². The molecule has 4 heteroatoms. The lowest BCUT2D eigenvalue weighted by Crippen LogP contribution is -2.56. The molecule has 3 fully saturated rings. The maximum absolute atomic E-state index is 11.1. The number of rotatable bonds is 7. The maximum atomic E-state index is 11.1. The molecule has 0 atom stereocenters. The number of nitrogens with zero attached hydrogens (tertiary/aromatic N) is 3. The van der Waals surface area contributed by atoms with E-state index in [0.29, 0.717) is 11.5 Å². The van der Waals surface area contributed by atoms with E-state index in [2.05, 4.69) is 42.4 Å². The van der Waals surface area contributed by atoms with Crippen LogP contribution in [0.3, 0.4) is 0 Å². The van der Waals surface area contributed by atoms with E-state index in [-0.39, 0.29) is 0 Å². The second-order valence-electron chi connectivity index (χ2n) is 10.0. The normalized spacial score (nSPS) is 28.0. The zero-order valence-corrected chi connectivity index (χ0v) is 17.1. The predicted octanol–water partition coefficient (Wildman–Crippen LogP) is 2.67. The summed E-state index contributed by atoms with van der Waals surface area (Å²) >= 11 is 0. The van der Waals surface area contributed by atoms with Gasteiger partial charge in [0.15, 0.2) is 0 Å². The van der Waals surface area contributed by atoms with Gasteiger partial charge in [0, 0.05) is 58.4 Å². The van der Waals surface area contributed by atoms with Crippen LogP contribution < -0.4 is 0 Å². The summed E-state index contributed by atoms with van der Waals surface area (Å²) < 4.78 is 0. The van der Waals surface area contributed by atoms with E-state index in [9.17, 15) is 5.11 Å². The molecule has 0 aromatic heterocycles. The lowest BCUT2D eigenvalue weighted by molar-refractivity contribution is -0.0565. The summed E-state index contributed by atoms with van der Waals surface area (Å²) in [4.78, 5) is 7.68. The molecule has 0 unspecified atom stereocenters. The summed E-state index contributed by atoms with van der Waals surface area (Å²) in [5.41, 5.74) is 0.169. The Bertz CT molecular complexity index is 417. The number of aliphatic hydroxyl groups is 1. The van der Waals surface area contributed by atoms with Crippen LogP contribution in [0, 0.1) is 11.3 Å². The molecular weight excluding hydrogens is 310 g/mol. The summed E-state index contributed by atoms with van der Waals surface area (Å²) in [6.45, 7) is 18.1. The number of β-amino-alcohol motifs (C(OH)–C–C–N with tert-alkyl or cyclic N) is 1. The van der Waals surface area contributed by atoms with Crippen molar-refractivity contribution in [2.75, 3.05) is 52.4 Å². The van der Waals surface area contributed by atoms with Gasteiger partial charge in [-0.15, -0.1) is 0 Å². The lowest BCUT2D eigenvalue weighted by Gasteiger charge is -2.44. The second-order valence-corrected chi connectivity index (χ2v) is 10.0. The van der Waals surface area contributed by atoms with Crippen LogP contribution in [0.15, 0.2) is 0 Å². The number of piperidine rings is 1. The molecule has 146 valence electrons. The summed E-state index contributed by atoms with van der Waals surface area (Å²) in [5.74, 6) is 0.814. The molecule has 2 heterocycles. The monoisotopic (exact) mass is 351 g/mol. The zero-order valence-electron chi connectivity index (χ0n) is 17.1. The quantitative estimate of drug-likeness (QED) is 0.764. The molecule has 1 aliphatic carbocycles. The van der Waals surface area contributed by atoms with E-state index >= 15 is 0 Å². The minimum absolute atomic E-state index is 0.453. The Morgan fingerprint density at radius 3 is 1.80 bits per heavy atom. The number of piperazine rings is 1. The van der Waals surface area contributed by atoms with Crippen LogP contribution >= 0.6 is 0 Å². The van der Waals surface area contributed by atoms with Crippen molar-refractivity contribution in [3.63, 3.8) is 0 Å². The maximum Gasteiger partial charge on any atom is 0.0798 e. The van der Waals surface area contributed by atoms with Gasteiger partial charge in [-0.1, -0.05) is 13.8 Å². The molecule has 0 amide bonds. The number of hydrogen-bond donors (Lipinski definition) is 1. The van der Waals surface area contributed by atoms with Crippen molar-refractivity contribution in [1.82, 2.24) is 14.7 Å². The fourth-order valence-electron chi connectivity index (χ4n) is 5.08. The van der Waals surface area contributed by atoms with Crippen molar-refractivity contribution in [3.05, 3.63) is 0 Å². The summed E-state index contributed by atoms with van der Waals surface area (Å²) in [6.07, 6.45) is 6.14. The Labute approximate surface area is 155 Å². The Hall–Kier alpha value is -0.160. The Kier molecular flexibility index (Phi) is 6.14. The third kappa shape index (κ3) is 5.41. The Balaban J connectivity index is 1.41. The molecule has 0 spiro atoms. The third-order valence-corrected chi connectivity index (χ3v) is 6.80.